The summed E-state index contributed by atoms with van der Waals surface area (Å²) < 4.78 is 1.41. The number of thiazole rings is 1. The predicted octanol–water partition coefficient (Wildman–Crippen LogP) is 2.85. The van der Waals surface area contributed by atoms with Crippen molar-refractivity contribution in [2.75, 3.05) is 0 Å². The van der Waals surface area contributed by atoms with E-state index in [0.717, 1.165) is 15.8 Å². The molecule has 0 aliphatic rings. The molecule has 0 saturated heterocycles. The summed E-state index contributed by atoms with van der Waals surface area (Å²) >= 11 is 5.78. The number of aryl methyl sites for hydroxylation is 1. The lowest BCUT2D eigenvalue weighted by Gasteiger charge is -1.97. The van der Waals surface area contributed by atoms with E-state index < -0.39 is 5.97 Å². The summed E-state index contributed by atoms with van der Waals surface area (Å²) in [6, 6.07) is 0. The van der Waals surface area contributed by atoms with E-state index in [2.05, 4.69) is 30.9 Å². The van der Waals surface area contributed by atoms with Crippen molar-refractivity contribution in [3.63, 3.8) is 0 Å². The molecule has 0 bridgehead atoms. The van der Waals surface area contributed by atoms with E-state index in [1.165, 1.54) is 18.1 Å². The lowest BCUT2D eigenvalue weighted by atomic mass is 10.4. The third-order valence-electron chi connectivity index (χ3n) is 1.79. The van der Waals surface area contributed by atoms with E-state index in [4.69, 9.17) is 5.11 Å². The van der Waals surface area contributed by atoms with Gasteiger partial charge in [0.2, 0.25) is 0 Å². The topological polar surface area (TPSA) is 76.0 Å². The Labute approximate surface area is 113 Å². The van der Waals surface area contributed by atoms with Gasteiger partial charge in [-0.1, -0.05) is 11.3 Å². The monoisotopic (exact) mass is 331 g/mol. The third kappa shape index (κ3) is 2.82. The van der Waals surface area contributed by atoms with Crippen LogP contribution in [-0.4, -0.2) is 26.0 Å². The molecule has 2 aromatic heterocycles. The van der Waals surface area contributed by atoms with Crippen molar-refractivity contribution in [3.05, 3.63) is 27.6 Å². The average molecular weight is 332 g/mol. The molecule has 88 valence electrons. The Balaban J connectivity index is 2.28. The molecule has 0 aliphatic heterocycles. The van der Waals surface area contributed by atoms with Gasteiger partial charge < -0.3 is 5.11 Å². The molecule has 1 N–H and O–H groups in total. The average Bonchev–Trinajstić information content (AvgIpc) is 2.63. The fraction of sp³-hybridized carbons (Fsp3) is 0.111. The predicted molar refractivity (Wildman–Crippen MR) is 67.7 cm³/mol. The largest absolute Gasteiger partial charge is 0.477 e. The Kier molecular flexibility index (Phi) is 3.75. The maximum absolute atomic E-state index is 10.9. The van der Waals surface area contributed by atoms with E-state index >= 15 is 0 Å². The number of carboxylic acids is 1. The summed E-state index contributed by atoms with van der Waals surface area (Å²) in [5.41, 5.74) is 0.523. The van der Waals surface area contributed by atoms with Crippen LogP contribution in [0, 0.1) is 6.92 Å². The van der Waals surface area contributed by atoms with Crippen LogP contribution in [-0.2, 0) is 0 Å². The van der Waals surface area contributed by atoms with E-state index in [1.54, 1.807) is 13.1 Å². The van der Waals surface area contributed by atoms with Crippen molar-refractivity contribution < 1.29 is 9.90 Å². The first-order chi connectivity index (χ1) is 8.08. The number of nitrogens with zero attached hydrogens (tertiary/aromatic N) is 3. The molecule has 8 heteroatoms. The molecule has 2 heterocycles. The van der Waals surface area contributed by atoms with Gasteiger partial charge in [-0.2, -0.15) is 0 Å². The molecular weight excluding hydrogens is 326 g/mol. The summed E-state index contributed by atoms with van der Waals surface area (Å²) in [6.45, 7) is 1.68. The minimum absolute atomic E-state index is 0.262. The highest BCUT2D eigenvalue weighted by atomic mass is 79.9. The molecule has 0 radical (unpaired) electrons. The van der Waals surface area contributed by atoms with Gasteiger partial charge in [-0.15, -0.1) is 0 Å². The van der Waals surface area contributed by atoms with Crippen LogP contribution in [0.2, 0.25) is 0 Å². The Morgan fingerprint density at radius 1 is 1.59 bits per heavy atom. The standard InChI is InChI=1S/C9H6BrN3O2S2/c1-4-6(8(14)15)16-9(13-4)17-7-5(10)2-11-3-12-7/h2-3H,1H3,(H,14,15). The van der Waals surface area contributed by atoms with Gasteiger partial charge in [-0.05, 0) is 34.6 Å². The third-order valence-corrected chi connectivity index (χ3v) is 4.86. The molecule has 2 rings (SSSR count). The number of aromatic carboxylic acids is 1. The van der Waals surface area contributed by atoms with Crippen LogP contribution in [0.3, 0.4) is 0 Å². The second-order valence-corrected chi connectivity index (χ2v) is 6.07. The first kappa shape index (κ1) is 12.5. The maximum Gasteiger partial charge on any atom is 0.347 e. The van der Waals surface area contributed by atoms with Crippen molar-refractivity contribution in [2.24, 2.45) is 0 Å². The minimum atomic E-state index is -0.950. The van der Waals surface area contributed by atoms with Crippen LogP contribution in [0.1, 0.15) is 15.4 Å². The van der Waals surface area contributed by atoms with Crippen molar-refractivity contribution in [1.82, 2.24) is 15.0 Å². The van der Waals surface area contributed by atoms with E-state index in [-0.39, 0.29) is 4.88 Å². The summed E-state index contributed by atoms with van der Waals surface area (Å²) in [4.78, 5) is 23.3. The zero-order chi connectivity index (χ0) is 12.4. The van der Waals surface area contributed by atoms with Crippen molar-refractivity contribution in [2.45, 2.75) is 16.3 Å². The van der Waals surface area contributed by atoms with Gasteiger partial charge in [0.15, 0.2) is 4.34 Å². The maximum atomic E-state index is 10.9. The molecule has 0 spiro atoms. The number of rotatable bonds is 3. The molecule has 0 aromatic carbocycles. The van der Waals surface area contributed by atoms with Crippen LogP contribution < -0.4 is 0 Å². The van der Waals surface area contributed by atoms with Gasteiger partial charge in [-0.3, -0.25) is 0 Å². The molecule has 0 saturated carbocycles. The van der Waals surface area contributed by atoms with Gasteiger partial charge in [0, 0.05) is 6.20 Å². The number of aromatic nitrogens is 3. The van der Waals surface area contributed by atoms with Crippen LogP contribution in [0.25, 0.3) is 0 Å². The molecule has 0 aliphatic carbocycles. The fourth-order valence-electron chi connectivity index (χ4n) is 1.07. The molecule has 0 unspecified atom stereocenters. The van der Waals surface area contributed by atoms with Crippen LogP contribution in [0.15, 0.2) is 26.4 Å². The highest BCUT2D eigenvalue weighted by molar-refractivity contribution is 9.10. The first-order valence-corrected chi connectivity index (χ1v) is 6.84. The Morgan fingerprint density at radius 2 is 2.35 bits per heavy atom. The highest BCUT2D eigenvalue weighted by Gasteiger charge is 2.15. The number of carbonyl (C=O) groups is 1. The van der Waals surface area contributed by atoms with E-state index in [1.807, 2.05) is 0 Å². The van der Waals surface area contributed by atoms with Crippen molar-refractivity contribution in [1.29, 1.82) is 0 Å². The van der Waals surface area contributed by atoms with Crippen LogP contribution in [0.5, 0.6) is 0 Å². The zero-order valence-electron chi connectivity index (χ0n) is 8.55. The second kappa shape index (κ2) is 5.11. The summed E-state index contributed by atoms with van der Waals surface area (Å²) in [5.74, 6) is -0.950. The van der Waals surface area contributed by atoms with Gasteiger partial charge in [-0.25, -0.2) is 19.7 Å². The quantitative estimate of drug-likeness (QED) is 0.871. The molecule has 0 amide bonds. The molecule has 0 atom stereocenters. The molecule has 5 nitrogen and oxygen atoms in total. The van der Waals surface area contributed by atoms with Gasteiger partial charge in [0.05, 0.1) is 10.2 Å². The van der Waals surface area contributed by atoms with Crippen LogP contribution in [0.4, 0.5) is 0 Å². The molecule has 17 heavy (non-hydrogen) atoms. The SMILES string of the molecule is Cc1nc(Sc2ncncc2Br)sc1C(=O)O. The Hall–Kier alpha value is -0.990. The van der Waals surface area contributed by atoms with Crippen molar-refractivity contribution >= 4 is 45.0 Å². The molecule has 2 aromatic rings. The number of halogens is 1. The van der Waals surface area contributed by atoms with E-state index in [0.29, 0.717) is 15.1 Å². The minimum Gasteiger partial charge on any atom is -0.477 e. The fourth-order valence-corrected chi connectivity index (χ4v) is 3.43. The van der Waals surface area contributed by atoms with Crippen molar-refractivity contribution in [3.8, 4) is 0 Å². The van der Waals surface area contributed by atoms with Gasteiger partial charge >= 0.3 is 5.97 Å². The summed E-state index contributed by atoms with van der Waals surface area (Å²) in [5, 5.41) is 9.64. The Morgan fingerprint density at radius 3 is 2.94 bits per heavy atom. The zero-order valence-corrected chi connectivity index (χ0v) is 11.8. The smallest absolute Gasteiger partial charge is 0.347 e. The number of hydrogen-bond acceptors (Lipinski definition) is 6. The highest BCUT2D eigenvalue weighted by Crippen LogP contribution is 2.34. The number of carboxylic acid groups (broad SMARTS) is 1. The first-order valence-electron chi connectivity index (χ1n) is 4.42. The molecular formula is C9H6BrN3O2S2. The number of hydrogen-bond donors (Lipinski definition) is 1. The van der Waals surface area contributed by atoms with E-state index in [9.17, 15) is 4.79 Å². The van der Waals surface area contributed by atoms with Gasteiger partial charge in [0.25, 0.3) is 0 Å². The molecule has 0 fully saturated rings. The Bertz CT molecular complexity index is 573. The normalized spacial score (nSPS) is 10.5. The second-order valence-electron chi connectivity index (χ2n) is 2.98. The van der Waals surface area contributed by atoms with Gasteiger partial charge in [0.1, 0.15) is 16.2 Å². The van der Waals surface area contributed by atoms with Crippen LogP contribution >= 0.6 is 39.0 Å². The summed E-state index contributed by atoms with van der Waals surface area (Å²) in [6.07, 6.45) is 3.07. The lowest BCUT2D eigenvalue weighted by Crippen LogP contribution is -1.94. The summed E-state index contributed by atoms with van der Waals surface area (Å²) in [7, 11) is 0. The lowest BCUT2D eigenvalue weighted by molar-refractivity contribution is 0.0701.